The highest BCUT2D eigenvalue weighted by Crippen LogP contribution is 2.28. The van der Waals surface area contributed by atoms with Crippen LogP contribution >= 0.6 is 0 Å². The summed E-state index contributed by atoms with van der Waals surface area (Å²) in [5.41, 5.74) is 2.54. The van der Waals surface area contributed by atoms with Crippen molar-refractivity contribution < 1.29 is 21.6 Å². The van der Waals surface area contributed by atoms with Crippen molar-refractivity contribution in [1.82, 2.24) is 4.72 Å². The molecule has 2 N–H and O–H groups in total. The Hall–Kier alpha value is -3.01. The minimum atomic E-state index is -3.86. The summed E-state index contributed by atoms with van der Waals surface area (Å²) in [4.78, 5) is 12.9. The van der Waals surface area contributed by atoms with Crippen molar-refractivity contribution in [1.29, 1.82) is 0 Å². The first kappa shape index (κ1) is 24.1. The molecule has 1 atom stereocenters. The molecule has 9 heteroatoms. The molecule has 1 fully saturated rings. The van der Waals surface area contributed by atoms with Crippen LogP contribution in [0.5, 0.6) is 0 Å². The van der Waals surface area contributed by atoms with E-state index in [0.717, 1.165) is 11.1 Å². The molecule has 0 radical (unpaired) electrons. The second kappa shape index (κ2) is 10.1. The number of benzene rings is 3. The number of sulfonamides is 1. The second-order valence-corrected chi connectivity index (χ2v) is 12.3. The summed E-state index contributed by atoms with van der Waals surface area (Å²) in [6.45, 7) is 0. The normalized spacial score (nSPS) is 17.5. The molecule has 0 aromatic heterocycles. The molecule has 34 heavy (non-hydrogen) atoms. The third-order valence-corrected chi connectivity index (χ3v) is 9.10. The molecule has 0 spiro atoms. The summed E-state index contributed by atoms with van der Waals surface area (Å²) in [5, 5.41) is 2.84. The van der Waals surface area contributed by atoms with Crippen molar-refractivity contribution in [3.8, 4) is 0 Å². The van der Waals surface area contributed by atoms with Crippen LogP contribution in [0.3, 0.4) is 0 Å². The van der Waals surface area contributed by atoms with E-state index in [1.54, 1.807) is 0 Å². The maximum absolute atomic E-state index is 12.8. The van der Waals surface area contributed by atoms with Crippen molar-refractivity contribution in [2.75, 3.05) is 16.8 Å². The topological polar surface area (TPSA) is 109 Å². The van der Waals surface area contributed by atoms with Crippen LogP contribution in [0.1, 0.15) is 29.9 Å². The SMILES string of the molecule is O=C(CC(c1ccccc1)c1ccccc1)Nc1ccc(S(=O)(=O)N[C@@H]2CCS(=O)(=O)C2)cc1. The fourth-order valence-electron chi connectivity index (χ4n) is 4.09. The van der Waals surface area contributed by atoms with Gasteiger partial charge in [-0.05, 0) is 41.8 Å². The molecular formula is C25H26N2O5S2. The molecule has 178 valence electrons. The Morgan fingerprint density at radius 2 is 1.44 bits per heavy atom. The van der Waals surface area contributed by atoms with Crippen LogP contribution in [0.25, 0.3) is 0 Å². The largest absolute Gasteiger partial charge is 0.326 e. The van der Waals surface area contributed by atoms with Crippen LogP contribution in [0.2, 0.25) is 0 Å². The third-order valence-electron chi connectivity index (χ3n) is 5.80. The predicted octanol–water partition coefficient (Wildman–Crippen LogP) is 3.31. The molecule has 0 bridgehead atoms. The zero-order valence-electron chi connectivity index (χ0n) is 18.4. The van der Waals surface area contributed by atoms with Gasteiger partial charge in [-0.2, -0.15) is 0 Å². The van der Waals surface area contributed by atoms with E-state index in [-0.39, 0.29) is 41.1 Å². The minimum absolute atomic E-state index is 0.0150. The maximum atomic E-state index is 12.8. The van der Waals surface area contributed by atoms with Crippen molar-refractivity contribution in [2.24, 2.45) is 0 Å². The molecule has 7 nitrogen and oxygen atoms in total. The highest BCUT2D eigenvalue weighted by Gasteiger charge is 2.31. The Morgan fingerprint density at radius 1 is 0.882 bits per heavy atom. The number of amides is 1. The first-order valence-electron chi connectivity index (χ1n) is 10.9. The highest BCUT2D eigenvalue weighted by atomic mass is 32.2. The monoisotopic (exact) mass is 498 g/mol. The minimum Gasteiger partial charge on any atom is -0.326 e. The fraction of sp³-hybridized carbons (Fsp3) is 0.240. The predicted molar refractivity (Wildman–Crippen MR) is 132 cm³/mol. The van der Waals surface area contributed by atoms with Gasteiger partial charge in [-0.15, -0.1) is 0 Å². The van der Waals surface area contributed by atoms with Crippen LogP contribution in [-0.4, -0.2) is 40.3 Å². The summed E-state index contributed by atoms with van der Waals surface area (Å²) in [5.74, 6) is -0.515. The van der Waals surface area contributed by atoms with Crippen LogP contribution in [0, 0.1) is 0 Å². The fourth-order valence-corrected chi connectivity index (χ4v) is 7.14. The van der Waals surface area contributed by atoms with Crippen molar-refractivity contribution in [2.45, 2.75) is 29.7 Å². The van der Waals surface area contributed by atoms with Crippen LogP contribution in [0.4, 0.5) is 5.69 Å². The molecule has 0 saturated carbocycles. The van der Waals surface area contributed by atoms with Crippen LogP contribution in [0.15, 0.2) is 89.8 Å². The highest BCUT2D eigenvalue weighted by molar-refractivity contribution is 7.92. The van der Waals surface area contributed by atoms with E-state index in [0.29, 0.717) is 5.69 Å². The third kappa shape index (κ3) is 6.11. The Balaban J connectivity index is 1.43. The molecular weight excluding hydrogens is 472 g/mol. The van der Waals surface area contributed by atoms with E-state index in [1.807, 2.05) is 60.7 Å². The summed E-state index contributed by atoms with van der Waals surface area (Å²) in [6, 6.07) is 24.8. The Morgan fingerprint density at radius 3 is 1.94 bits per heavy atom. The van der Waals surface area contributed by atoms with E-state index >= 15 is 0 Å². The lowest BCUT2D eigenvalue weighted by Crippen LogP contribution is -2.35. The smallest absolute Gasteiger partial charge is 0.240 e. The van der Waals surface area contributed by atoms with Gasteiger partial charge in [0.2, 0.25) is 15.9 Å². The maximum Gasteiger partial charge on any atom is 0.240 e. The standard InChI is InChI=1S/C25H26N2O5S2/c28-25(17-24(19-7-3-1-4-8-19)20-9-5-2-6-10-20)26-21-11-13-23(14-12-21)34(31,32)27-22-15-16-33(29,30)18-22/h1-14,22,24,27H,15-18H2,(H,26,28)/t22-/m1/s1. The average molecular weight is 499 g/mol. The Bertz CT molecular complexity index is 1300. The van der Waals surface area contributed by atoms with E-state index in [4.69, 9.17) is 0 Å². The summed E-state index contributed by atoms with van der Waals surface area (Å²) >= 11 is 0. The lowest BCUT2D eigenvalue weighted by atomic mass is 9.88. The van der Waals surface area contributed by atoms with Gasteiger partial charge < -0.3 is 5.32 Å². The van der Waals surface area contributed by atoms with Crippen LogP contribution in [-0.2, 0) is 24.7 Å². The molecule has 0 aliphatic carbocycles. The van der Waals surface area contributed by atoms with E-state index in [1.165, 1.54) is 24.3 Å². The van der Waals surface area contributed by atoms with Crippen molar-refractivity contribution in [3.63, 3.8) is 0 Å². The molecule has 1 saturated heterocycles. The van der Waals surface area contributed by atoms with E-state index in [9.17, 15) is 21.6 Å². The Kier molecular flexibility index (Phi) is 7.16. The summed E-state index contributed by atoms with van der Waals surface area (Å²) < 4.78 is 50.8. The molecule has 3 aromatic rings. The molecule has 1 aliphatic heterocycles. The van der Waals surface area contributed by atoms with Gasteiger partial charge in [0.1, 0.15) is 0 Å². The lowest BCUT2D eigenvalue weighted by Gasteiger charge is -2.18. The number of carbonyl (C=O) groups is 1. The van der Waals surface area contributed by atoms with E-state index < -0.39 is 25.9 Å². The Labute approximate surface area is 200 Å². The number of rotatable bonds is 8. The molecule has 1 aliphatic rings. The first-order chi connectivity index (χ1) is 16.2. The number of hydrogen-bond donors (Lipinski definition) is 2. The van der Waals surface area contributed by atoms with Crippen molar-refractivity contribution in [3.05, 3.63) is 96.1 Å². The summed E-state index contributed by atoms with van der Waals surface area (Å²) in [6.07, 6.45) is 0.492. The number of nitrogens with one attached hydrogen (secondary N) is 2. The molecule has 3 aromatic carbocycles. The van der Waals surface area contributed by atoms with Gasteiger partial charge >= 0.3 is 0 Å². The molecule has 0 unspecified atom stereocenters. The first-order valence-corrected chi connectivity index (χ1v) is 14.2. The zero-order chi connectivity index (χ0) is 24.2. The zero-order valence-corrected chi connectivity index (χ0v) is 20.1. The van der Waals surface area contributed by atoms with E-state index in [2.05, 4.69) is 10.0 Å². The van der Waals surface area contributed by atoms with Gasteiger partial charge in [-0.25, -0.2) is 21.6 Å². The number of anilines is 1. The van der Waals surface area contributed by atoms with Gasteiger partial charge in [-0.3, -0.25) is 4.79 Å². The quantitative estimate of drug-likeness (QED) is 0.495. The number of hydrogen-bond acceptors (Lipinski definition) is 5. The van der Waals surface area contributed by atoms with Gasteiger partial charge in [0, 0.05) is 24.1 Å². The van der Waals surface area contributed by atoms with Gasteiger partial charge in [-0.1, -0.05) is 60.7 Å². The lowest BCUT2D eigenvalue weighted by molar-refractivity contribution is -0.116. The second-order valence-electron chi connectivity index (χ2n) is 8.37. The van der Waals surface area contributed by atoms with Crippen molar-refractivity contribution >= 4 is 31.5 Å². The van der Waals surface area contributed by atoms with Gasteiger partial charge in [0.15, 0.2) is 9.84 Å². The molecule has 1 heterocycles. The molecule has 1 amide bonds. The van der Waals surface area contributed by atoms with Gasteiger partial charge in [0.25, 0.3) is 0 Å². The average Bonchev–Trinajstić information content (AvgIpc) is 3.16. The summed E-state index contributed by atoms with van der Waals surface area (Å²) in [7, 11) is -7.05. The molecule has 4 rings (SSSR count). The van der Waals surface area contributed by atoms with Crippen LogP contribution < -0.4 is 10.0 Å². The number of carbonyl (C=O) groups excluding carboxylic acids is 1. The number of sulfone groups is 1. The van der Waals surface area contributed by atoms with Gasteiger partial charge in [0.05, 0.1) is 16.4 Å².